The van der Waals surface area contributed by atoms with Crippen molar-refractivity contribution in [3.8, 4) is 0 Å². The van der Waals surface area contributed by atoms with Crippen molar-refractivity contribution in [2.45, 2.75) is 45.6 Å². The van der Waals surface area contributed by atoms with E-state index in [1.54, 1.807) is 24.3 Å². The third-order valence-corrected chi connectivity index (χ3v) is 5.61. The molecule has 8 heteroatoms. The van der Waals surface area contributed by atoms with Crippen LogP contribution in [0, 0.1) is 17.7 Å². The van der Waals surface area contributed by atoms with Gasteiger partial charge in [0.2, 0.25) is 0 Å². The van der Waals surface area contributed by atoms with Crippen LogP contribution in [-0.4, -0.2) is 75.7 Å². The van der Waals surface area contributed by atoms with E-state index in [1.807, 2.05) is 32.0 Å². The Balaban J connectivity index is 0.00000408. The second-order valence-electron chi connectivity index (χ2n) is 8.67. The fourth-order valence-corrected chi connectivity index (χ4v) is 3.98. The van der Waals surface area contributed by atoms with Crippen molar-refractivity contribution >= 4 is 61.2 Å². The quantitative estimate of drug-likeness (QED) is 0.326. The number of ether oxygens (including phenoxy) is 3. The summed E-state index contributed by atoms with van der Waals surface area (Å²) >= 11 is 0. The molecule has 0 unspecified atom stereocenters. The van der Waals surface area contributed by atoms with E-state index in [-0.39, 0.29) is 65.2 Å². The minimum atomic E-state index is -0.527. The van der Waals surface area contributed by atoms with Gasteiger partial charge in [-0.25, -0.2) is 18.9 Å². The van der Waals surface area contributed by atoms with E-state index >= 15 is 0 Å². The number of rotatable bonds is 9. The average molecular weight is 500 g/mol. The van der Waals surface area contributed by atoms with E-state index in [9.17, 15) is 14.0 Å². The Morgan fingerprint density at radius 1 is 0.971 bits per heavy atom. The fourth-order valence-electron chi connectivity index (χ4n) is 3.98. The monoisotopic (exact) mass is 499 g/mol. The van der Waals surface area contributed by atoms with Gasteiger partial charge in [-0.15, -0.1) is 0 Å². The first-order valence-electron chi connectivity index (χ1n) is 11.5. The minimum absolute atomic E-state index is 0. The predicted molar refractivity (Wildman–Crippen MR) is 132 cm³/mol. The molecule has 0 spiro atoms. The molecular formula is C26H34CaFNO5. The van der Waals surface area contributed by atoms with Crippen molar-refractivity contribution < 1.29 is 31.0 Å². The zero-order chi connectivity index (χ0) is 23.6. The molecule has 34 heavy (non-hydrogen) atoms. The molecule has 1 aliphatic carbocycles. The smallest absolute Gasteiger partial charge is 1.00 e. The number of nitrogens with zero attached hydrogens (tertiary/aromatic N) is 1. The zero-order valence-corrected chi connectivity index (χ0v) is 22.2. The van der Waals surface area contributed by atoms with E-state index < -0.39 is 11.9 Å². The van der Waals surface area contributed by atoms with Crippen LogP contribution in [0.2, 0.25) is 0 Å². The Morgan fingerprint density at radius 2 is 1.59 bits per heavy atom. The summed E-state index contributed by atoms with van der Waals surface area (Å²) in [6.45, 7) is 4.43. The maximum absolute atomic E-state index is 13.8. The van der Waals surface area contributed by atoms with Crippen LogP contribution in [0.4, 0.5) is 20.6 Å². The summed E-state index contributed by atoms with van der Waals surface area (Å²) in [4.78, 5) is 25.9. The second kappa shape index (κ2) is 14.7. The normalized spacial score (nSPS) is 17.5. The maximum Gasteiger partial charge on any atom is 2.00 e. The van der Waals surface area contributed by atoms with Crippen LogP contribution in [0.5, 0.6) is 0 Å². The Morgan fingerprint density at radius 3 is 2.21 bits per heavy atom. The molecule has 1 saturated carbocycles. The first-order chi connectivity index (χ1) is 15.9. The van der Waals surface area contributed by atoms with Gasteiger partial charge in [0.05, 0.1) is 30.7 Å². The van der Waals surface area contributed by atoms with Gasteiger partial charge in [0.1, 0.15) is 12.4 Å². The number of amides is 1. The van der Waals surface area contributed by atoms with Crippen molar-refractivity contribution in [2.75, 3.05) is 24.7 Å². The number of halogens is 1. The van der Waals surface area contributed by atoms with Crippen molar-refractivity contribution in [1.82, 2.24) is 0 Å². The van der Waals surface area contributed by atoms with Crippen molar-refractivity contribution in [1.29, 1.82) is 0 Å². The van der Waals surface area contributed by atoms with Gasteiger partial charge < -0.3 is 17.1 Å². The average Bonchev–Trinajstić information content (AvgIpc) is 2.79. The first-order valence-corrected chi connectivity index (χ1v) is 11.5. The molecule has 0 saturated heterocycles. The largest absolute Gasteiger partial charge is 2.00 e. The number of carbonyl (C=O) groups excluding carboxylic acids is 2. The molecule has 0 aliphatic heterocycles. The Labute approximate surface area is 233 Å². The van der Waals surface area contributed by atoms with E-state index in [2.05, 4.69) is 0 Å². The number of para-hydroxylation sites is 1. The van der Waals surface area contributed by atoms with Gasteiger partial charge >= 0.3 is 49.8 Å². The molecule has 6 nitrogen and oxygen atoms in total. The third kappa shape index (κ3) is 9.17. The molecule has 0 heterocycles. The Kier molecular flexibility index (Phi) is 12.3. The van der Waals surface area contributed by atoms with Crippen LogP contribution in [0.15, 0.2) is 54.6 Å². The first kappa shape index (κ1) is 28.6. The minimum Gasteiger partial charge on any atom is -1.00 e. The topological polar surface area (TPSA) is 65.1 Å². The molecule has 0 atom stereocenters. The van der Waals surface area contributed by atoms with E-state index in [0.29, 0.717) is 30.5 Å². The predicted octanol–water partition coefficient (Wildman–Crippen LogP) is 5.72. The molecule has 182 valence electrons. The van der Waals surface area contributed by atoms with Crippen molar-refractivity contribution in [3.05, 3.63) is 60.4 Å². The SMILES string of the molecule is CC(C)OC(=O)COCC1CCC(COC(=O)N(c2ccccc2)c2cccc(F)c2)CC1.[Ca+2].[H-].[H-]. The molecule has 2 aromatic carbocycles. The number of benzene rings is 2. The molecule has 0 radical (unpaired) electrons. The van der Waals surface area contributed by atoms with Crippen molar-refractivity contribution in [3.63, 3.8) is 0 Å². The molecule has 0 bridgehead atoms. The number of esters is 1. The number of hydrogen-bond acceptors (Lipinski definition) is 5. The summed E-state index contributed by atoms with van der Waals surface area (Å²) in [5.74, 6) is -0.107. The van der Waals surface area contributed by atoms with Gasteiger partial charge in [-0.05, 0) is 81.7 Å². The van der Waals surface area contributed by atoms with Gasteiger partial charge in [0.15, 0.2) is 0 Å². The van der Waals surface area contributed by atoms with Gasteiger partial charge in [-0.3, -0.25) is 0 Å². The molecule has 1 fully saturated rings. The number of carbonyl (C=O) groups is 2. The molecule has 0 aromatic heterocycles. The Hall–Kier alpha value is -1.67. The van der Waals surface area contributed by atoms with E-state index in [1.165, 1.54) is 17.0 Å². The molecule has 1 aliphatic rings. The second-order valence-corrected chi connectivity index (χ2v) is 8.67. The summed E-state index contributed by atoms with van der Waals surface area (Å²) in [7, 11) is 0. The van der Waals surface area contributed by atoms with Gasteiger partial charge in [0, 0.05) is 0 Å². The van der Waals surface area contributed by atoms with Crippen LogP contribution in [0.1, 0.15) is 42.4 Å². The molecule has 1 amide bonds. The van der Waals surface area contributed by atoms with Crippen LogP contribution in [-0.2, 0) is 19.0 Å². The van der Waals surface area contributed by atoms with Gasteiger partial charge in [0.25, 0.3) is 0 Å². The number of anilines is 2. The molecule has 0 N–H and O–H groups in total. The molecule has 2 aromatic rings. The standard InChI is InChI=1S/C26H32FNO5.Ca.2H/c1-19(2)33-25(29)18-31-16-20-11-13-21(14-12-20)17-32-26(30)28(23-8-4-3-5-9-23)24-10-6-7-22(27)15-24;;;/h3-10,15,19-21H,11-14,16-18H2,1-2H3;;;/q;+2;2*-1. The number of hydrogen-bond donors (Lipinski definition) is 0. The van der Waals surface area contributed by atoms with E-state index in [0.717, 1.165) is 25.7 Å². The fraction of sp³-hybridized carbons (Fsp3) is 0.462. The van der Waals surface area contributed by atoms with Crippen molar-refractivity contribution in [2.24, 2.45) is 11.8 Å². The third-order valence-electron chi connectivity index (χ3n) is 5.61. The van der Waals surface area contributed by atoms with Crippen LogP contribution >= 0.6 is 0 Å². The van der Waals surface area contributed by atoms with Crippen LogP contribution in [0.25, 0.3) is 0 Å². The molecular weight excluding hydrogens is 465 g/mol. The zero-order valence-electron chi connectivity index (χ0n) is 22.0. The summed E-state index contributed by atoms with van der Waals surface area (Å²) < 4.78 is 30.0. The van der Waals surface area contributed by atoms with Crippen LogP contribution < -0.4 is 4.90 Å². The summed E-state index contributed by atoms with van der Waals surface area (Å²) in [6, 6.07) is 15.0. The summed E-state index contributed by atoms with van der Waals surface area (Å²) in [5, 5.41) is 0. The maximum atomic E-state index is 13.8. The van der Waals surface area contributed by atoms with Gasteiger partial charge in [-0.2, -0.15) is 0 Å². The van der Waals surface area contributed by atoms with E-state index in [4.69, 9.17) is 14.2 Å². The Bertz CT molecular complexity index is 914. The summed E-state index contributed by atoms with van der Waals surface area (Å²) in [6.07, 6.45) is 3.08. The van der Waals surface area contributed by atoms with Gasteiger partial charge in [-0.1, -0.05) is 24.3 Å². The molecule has 3 rings (SSSR count). The summed E-state index contributed by atoms with van der Waals surface area (Å²) in [5.41, 5.74) is 1.04. The van der Waals surface area contributed by atoms with Crippen LogP contribution in [0.3, 0.4) is 0 Å².